The van der Waals surface area contributed by atoms with E-state index in [-0.39, 0.29) is 10.6 Å². The summed E-state index contributed by atoms with van der Waals surface area (Å²) in [5.41, 5.74) is 3.69. The molecule has 1 saturated carbocycles. The number of nitrogens with zero attached hydrogens (tertiary/aromatic N) is 3. The molecule has 0 amide bonds. The molecule has 1 aliphatic carbocycles. The molecule has 2 N–H and O–H groups in total. The second-order valence-corrected chi connectivity index (χ2v) is 8.54. The molecule has 2 aromatic carbocycles. The van der Waals surface area contributed by atoms with Crippen LogP contribution >= 0.6 is 0 Å². The predicted molar refractivity (Wildman–Crippen MR) is 129 cm³/mol. The van der Waals surface area contributed by atoms with E-state index in [1.54, 1.807) is 12.1 Å². The average molecular weight is 454 g/mol. The third kappa shape index (κ3) is 5.69. The van der Waals surface area contributed by atoms with Crippen LogP contribution in [0.25, 0.3) is 21.8 Å². The number of fused-ring (bicyclic) bond motifs is 3. The van der Waals surface area contributed by atoms with Gasteiger partial charge in [0.2, 0.25) is 0 Å². The first-order chi connectivity index (χ1) is 15.8. The quantitative estimate of drug-likeness (QED) is 0.195. The lowest BCUT2D eigenvalue weighted by Crippen LogP contribution is -2.10. The van der Waals surface area contributed by atoms with Gasteiger partial charge in [-0.15, -0.1) is 0 Å². The number of aliphatic carboxylic acids is 1. The second-order valence-electron chi connectivity index (χ2n) is 8.54. The summed E-state index contributed by atoms with van der Waals surface area (Å²) < 4.78 is 2.16. The standard InChI is InChI=1S/C23H27N3O3.C2H4O2/c1-2-25-22-12-9-17(21(24-27)11-8-16-6-4-3-5-7-16)14-19(22)20-15-18(26(28)29)10-13-23(20)25;1-2(3)4/h9-10,12-16,27H,2-8,11H2,1H3;1H3,(H,3,4)/b24-21+;. The van der Waals surface area contributed by atoms with Crippen LogP contribution in [0, 0.1) is 16.0 Å². The van der Waals surface area contributed by atoms with Gasteiger partial charge in [0.25, 0.3) is 11.7 Å². The highest BCUT2D eigenvalue weighted by atomic mass is 16.6. The molecule has 3 aromatic rings. The minimum absolute atomic E-state index is 0.0893. The van der Waals surface area contributed by atoms with Crippen LogP contribution in [0.3, 0.4) is 0 Å². The fourth-order valence-corrected chi connectivity index (χ4v) is 4.79. The highest BCUT2D eigenvalue weighted by molar-refractivity contribution is 6.12. The van der Waals surface area contributed by atoms with Crippen molar-refractivity contribution in [1.82, 2.24) is 4.57 Å². The van der Waals surface area contributed by atoms with Crippen LogP contribution in [0.5, 0.6) is 0 Å². The Hall–Kier alpha value is -3.42. The van der Waals surface area contributed by atoms with Crippen molar-refractivity contribution < 1.29 is 20.0 Å². The van der Waals surface area contributed by atoms with Gasteiger partial charge >= 0.3 is 0 Å². The SMILES string of the molecule is CC(=O)O.CCn1c2ccc(/C(CCC3CCCCC3)=N/O)cc2c2cc([N+](=O)[O-])ccc21. The fraction of sp³-hybridized carbons (Fsp3) is 0.440. The van der Waals surface area contributed by atoms with E-state index in [0.717, 1.165) is 53.7 Å². The molecule has 0 saturated heterocycles. The fourth-order valence-electron chi connectivity index (χ4n) is 4.79. The number of benzene rings is 2. The van der Waals surface area contributed by atoms with Crippen molar-refractivity contribution in [2.24, 2.45) is 11.1 Å². The van der Waals surface area contributed by atoms with Gasteiger partial charge in [-0.3, -0.25) is 14.9 Å². The van der Waals surface area contributed by atoms with E-state index >= 15 is 0 Å². The van der Waals surface area contributed by atoms with E-state index in [1.165, 1.54) is 32.1 Å². The number of carboxylic acids is 1. The molecule has 8 nitrogen and oxygen atoms in total. The summed E-state index contributed by atoms with van der Waals surface area (Å²) in [6.07, 6.45) is 8.27. The number of hydrogen-bond acceptors (Lipinski definition) is 5. The zero-order valence-corrected chi connectivity index (χ0v) is 19.2. The highest BCUT2D eigenvalue weighted by Crippen LogP contribution is 2.33. The highest BCUT2D eigenvalue weighted by Gasteiger charge is 2.18. The zero-order valence-electron chi connectivity index (χ0n) is 19.2. The molecule has 33 heavy (non-hydrogen) atoms. The van der Waals surface area contributed by atoms with E-state index in [9.17, 15) is 15.3 Å². The van der Waals surface area contributed by atoms with Crippen molar-refractivity contribution in [1.29, 1.82) is 0 Å². The van der Waals surface area contributed by atoms with E-state index in [4.69, 9.17) is 9.90 Å². The summed E-state index contributed by atoms with van der Waals surface area (Å²) in [5.74, 6) is -0.117. The van der Waals surface area contributed by atoms with Crippen molar-refractivity contribution in [3.05, 3.63) is 52.1 Å². The molecule has 0 spiro atoms. The summed E-state index contributed by atoms with van der Waals surface area (Å²) in [6, 6.07) is 11.1. The maximum Gasteiger partial charge on any atom is 0.300 e. The third-order valence-corrected chi connectivity index (χ3v) is 6.34. The van der Waals surface area contributed by atoms with Crippen LogP contribution in [0.2, 0.25) is 0 Å². The van der Waals surface area contributed by atoms with E-state index < -0.39 is 5.97 Å². The molecule has 4 rings (SSSR count). The molecule has 8 heteroatoms. The van der Waals surface area contributed by atoms with Gasteiger partial charge in [0.15, 0.2) is 0 Å². The van der Waals surface area contributed by atoms with Crippen molar-refractivity contribution in [2.45, 2.75) is 65.3 Å². The third-order valence-electron chi connectivity index (χ3n) is 6.34. The molecule has 176 valence electrons. The van der Waals surface area contributed by atoms with Crippen LogP contribution < -0.4 is 0 Å². The first-order valence-corrected chi connectivity index (χ1v) is 11.5. The number of carboxylic acid groups (broad SMARTS) is 1. The number of carbonyl (C=O) groups is 1. The number of aryl methyl sites for hydroxylation is 1. The van der Waals surface area contributed by atoms with Crippen molar-refractivity contribution in [3.8, 4) is 0 Å². The number of aromatic nitrogens is 1. The van der Waals surface area contributed by atoms with Crippen LogP contribution in [0.4, 0.5) is 5.69 Å². The molecule has 1 heterocycles. The Morgan fingerprint density at radius 2 is 1.73 bits per heavy atom. The molecular weight excluding hydrogens is 422 g/mol. The van der Waals surface area contributed by atoms with Gasteiger partial charge in [-0.05, 0) is 43.9 Å². The Kier molecular flexibility index (Phi) is 8.03. The number of rotatable bonds is 6. The van der Waals surface area contributed by atoms with Gasteiger partial charge in [-0.2, -0.15) is 0 Å². The lowest BCUT2D eigenvalue weighted by atomic mass is 9.85. The summed E-state index contributed by atoms with van der Waals surface area (Å²) in [5, 5.41) is 33.8. The molecule has 1 aliphatic rings. The van der Waals surface area contributed by atoms with Crippen LogP contribution in [-0.4, -0.2) is 31.5 Å². The first-order valence-electron chi connectivity index (χ1n) is 11.5. The lowest BCUT2D eigenvalue weighted by Gasteiger charge is -2.21. The Morgan fingerprint density at radius 3 is 2.30 bits per heavy atom. The van der Waals surface area contributed by atoms with Gasteiger partial charge in [-0.1, -0.05) is 43.3 Å². The normalized spacial score (nSPS) is 14.8. The summed E-state index contributed by atoms with van der Waals surface area (Å²) >= 11 is 0. The van der Waals surface area contributed by atoms with E-state index in [1.807, 2.05) is 24.3 Å². The Bertz CT molecular complexity index is 1170. The van der Waals surface area contributed by atoms with E-state index in [2.05, 4.69) is 16.6 Å². The second kappa shape index (κ2) is 10.9. The van der Waals surface area contributed by atoms with Crippen molar-refractivity contribution in [2.75, 3.05) is 0 Å². The smallest absolute Gasteiger partial charge is 0.300 e. The molecule has 0 radical (unpaired) electrons. The van der Waals surface area contributed by atoms with Gasteiger partial charge in [-0.25, -0.2) is 0 Å². The zero-order chi connectivity index (χ0) is 24.0. The molecule has 0 atom stereocenters. The number of nitro benzene ring substituents is 1. The first kappa shape index (κ1) is 24.2. The van der Waals surface area contributed by atoms with E-state index in [0.29, 0.717) is 11.6 Å². The topological polar surface area (TPSA) is 118 Å². The number of nitro groups is 1. The number of non-ortho nitro benzene ring substituents is 1. The minimum Gasteiger partial charge on any atom is -0.481 e. The monoisotopic (exact) mass is 453 g/mol. The van der Waals surface area contributed by atoms with Crippen molar-refractivity contribution >= 4 is 39.2 Å². The summed E-state index contributed by atoms with van der Waals surface area (Å²) in [7, 11) is 0. The van der Waals surface area contributed by atoms with Crippen LogP contribution in [0.15, 0.2) is 41.6 Å². The Labute approximate surface area is 192 Å². The number of hydrogen-bond donors (Lipinski definition) is 2. The maximum absolute atomic E-state index is 11.3. The van der Waals surface area contributed by atoms with Crippen LogP contribution in [0.1, 0.15) is 64.4 Å². The van der Waals surface area contributed by atoms with Crippen LogP contribution in [-0.2, 0) is 11.3 Å². The van der Waals surface area contributed by atoms with Gasteiger partial charge < -0.3 is 14.9 Å². The lowest BCUT2D eigenvalue weighted by molar-refractivity contribution is -0.384. The van der Waals surface area contributed by atoms with Gasteiger partial charge in [0, 0.05) is 53.0 Å². The van der Waals surface area contributed by atoms with Gasteiger partial charge in [0.1, 0.15) is 0 Å². The maximum atomic E-state index is 11.3. The molecule has 1 fully saturated rings. The summed E-state index contributed by atoms with van der Waals surface area (Å²) in [4.78, 5) is 19.9. The van der Waals surface area contributed by atoms with Crippen molar-refractivity contribution in [3.63, 3.8) is 0 Å². The predicted octanol–water partition coefficient (Wildman–Crippen LogP) is 6.35. The number of oxime groups is 1. The molecule has 0 unspecified atom stereocenters. The minimum atomic E-state index is -0.833. The molecular formula is C25H31N3O5. The Morgan fingerprint density at radius 1 is 1.12 bits per heavy atom. The largest absolute Gasteiger partial charge is 0.481 e. The molecule has 0 aliphatic heterocycles. The Balaban J connectivity index is 0.000000709. The molecule has 0 bridgehead atoms. The average Bonchev–Trinajstić information content (AvgIpc) is 3.12. The summed E-state index contributed by atoms with van der Waals surface area (Å²) in [6.45, 7) is 3.93. The van der Waals surface area contributed by atoms with Gasteiger partial charge in [0.05, 0.1) is 10.6 Å². The molecule has 1 aromatic heterocycles.